The number of nitro groups is 1. The van der Waals surface area contributed by atoms with Gasteiger partial charge in [-0.15, -0.1) is 0 Å². The molecule has 1 aromatic carbocycles. The molecule has 0 atom stereocenters. The molecule has 2 rings (SSSR count). The van der Waals surface area contributed by atoms with Crippen molar-refractivity contribution in [3.05, 3.63) is 52.5 Å². The van der Waals surface area contributed by atoms with Crippen LogP contribution in [0.1, 0.15) is 10.4 Å². The van der Waals surface area contributed by atoms with Crippen LogP contribution >= 0.6 is 0 Å². The van der Waals surface area contributed by atoms with Crippen LogP contribution in [0.3, 0.4) is 0 Å². The second kappa shape index (κ2) is 5.08. The Morgan fingerprint density at radius 2 is 2.11 bits per heavy atom. The summed E-state index contributed by atoms with van der Waals surface area (Å²) in [6, 6.07) is 6.39. The highest BCUT2D eigenvalue weighted by atomic mass is 16.6. The van der Waals surface area contributed by atoms with Gasteiger partial charge in [-0.05, 0) is 12.1 Å². The molecule has 0 saturated heterocycles. The van der Waals surface area contributed by atoms with Gasteiger partial charge in [0, 0.05) is 0 Å². The lowest BCUT2D eigenvalue weighted by Gasteiger charge is -2.08. The van der Waals surface area contributed by atoms with Crippen LogP contribution in [-0.4, -0.2) is 20.8 Å². The number of carbonyl (C=O) groups excluding carboxylic acids is 1. The Hall–Kier alpha value is -3.03. The molecule has 0 radical (unpaired) electrons. The van der Waals surface area contributed by atoms with Crippen molar-refractivity contribution >= 4 is 23.1 Å². The van der Waals surface area contributed by atoms with Gasteiger partial charge in [-0.3, -0.25) is 14.9 Å². The Labute approximate surface area is 107 Å². The van der Waals surface area contributed by atoms with Crippen LogP contribution < -0.4 is 11.1 Å². The fourth-order valence-electron chi connectivity index (χ4n) is 1.49. The number of carbonyl (C=O) groups is 1. The van der Waals surface area contributed by atoms with E-state index >= 15 is 0 Å². The highest BCUT2D eigenvalue weighted by Crippen LogP contribution is 2.25. The van der Waals surface area contributed by atoms with Crippen molar-refractivity contribution in [2.24, 2.45) is 5.73 Å². The van der Waals surface area contributed by atoms with E-state index in [1.54, 1.807) is 18.2 Å². The molecule has 0 saturated carbocycles. The zero-order valence-corrected chi connectivity index (χ0v) is 9.61. The van der Waals surface area contributed by atoms with E-state index in [-0.39, 0.29) is 17.1 Å². The number of para-hydroxylation sites is 1. The van der Waals surface area contributed by atoms with E-state index in [0.717, 1.165) is 6.20 Å². The smallest absolute Gasteiger partial charge is 0.329 e. The number of nitrogens with one attached hydrogen (secondary N) is 1. The number of nitrogens with two attached hydrogens (primary N) is 1. The second-order valence-corrected chi connectivity index (χ2v) is 3.55. The third-order valence-electron chi connectivity index (χ3n) is 2.34. The Morgan fingerprint density at radius 3 is 2.79 bits per heavy atom. The highest BCUT2D eigenvalue weighted by Gasteiger charge is 2.17. The molecule has 1 amide bonds. The fourth-order valence-corrected chi connectivity index (χ4v) is 1.49. The number of benzene rings is 1. The summed E-state index contributed by atoms with van der Waals surface area (Å²) in [6.45, 7) is 0. The second-order valence-electron chi connectivity index (χ2n) is 3.55. The van der Waals surface area contributed by atoms with E-state index in [1.165, 1.54) is 12.4 Å². The van der Waals surface area contributed by atoms with Gasteiger partial charge < -0.3 is 11.1 Å². The van der Waals surface area contributed by atoms with Gasteiger partial charge in [-0.1, -0.05) is 12.1 Å². The minimum atomic E-state index is -0.639. The number of amides is 1. The lowest BCUT2D eigenvalue weighted by molar-refractivity contribution is -0.384. The average molecular weight is 259 g/mol. The maximum atomic E-state index is 11.2. The molecule has 8 nitrogen and oxygen atoms in total. The number of nitrogens with zero attached hydrogens (tertiary/aromatic N) is 3. The molecule has 0 aliphatic carbocycles. The third-order valence-corrected chi connectivity index (χ3v) is 2.34. The van der Waals surface area contributed by atoms with Gasteiger partial charge in [0.15, 0.2) is 0 Å². The van der Waals surface area contributed by atoms with Crippen LogP contribution in [-0.2, 0) is 0 Å². The van der Waals surface area contributed by atoms with Crippen LogP contribution in [0, 0.1) is 10.1 Å². The summed E-state index contributed by atoms with van der Waals surface area (Å²) in [5.41, 5.74) is 5.49. The van der Waals surface area contributed by atoms with Crippen molar-refractivity contribution < 1.29 is 9.72 Å². The van der Waals surface area contributed by atoms with E-state index in [2.05, 4.69) is 15.3 Å². The van der Waals surface area contributed by atoms with Crippen LogP contribution in [0.2, 0.25) is 0 Å². The van der Waals surface area contributed by atoms with Gasteiger partial charge in [-0.2, -0.15) is 0 Å². The van der Waals surface area contributed by atoms with Crippen molar-refractivity contribution in [3.8, 4) is 0 Å². The minimum absolute atomic E-state index is 0.00583. The molecule has 1 aromatic heterocycles. The standard InChI is InChI=1S/C11H9N5O3/c12-10(17)7-3-1-2-4-8(7)15-11-9(16(18)19)5-13-6-14-11/h1-6H,(H2,12,17)(H,13,14,15). The van der Waals surface area contributed by atoms with Crippen molar-refractivity contribution in [2.45, 2.75) is 0 Å². The highest BCUT2D eigenvalue weighted by molar-refractivity contribution is 5.99. The molecule has 19 heavy (non-hydrogen) atoms. The lowest BCUT2D eigenvalue weighted by Crippen LogP contribution is -2.13. The molecule has 0 bridgehead atoms. The number of aromatic nitrogens is 2. The summed E-state index contributed by atoms with van der Waals surface area (Å²) < 4.78 is 0. The summed E-state index contributed by atoms with van der Waals surface area (Å²) in [4.78, 5) is 28.8. The zero-order valence-electron chi connectivity index (χ0n) is 9.61. The lowest BCUT2D eigenvalue weighted by atomic mass is 10.1. The maximum absolute atomic E-state index is 11.2. The summed E-state index contributed by atoms with van der Waals surface area (Å²) in [5, 5.41) is 13.5. The Kier molecular flexibility index (Phi) is 3.33. The number of hydrogen-bond donors (Lipinski definition) is 2. The van der Waals surface area contributed by atoms with E-state index in [1.807, 2.05) is 0 Å². The number of rotatable bonds is 4. The van der Waals surface area contributed by atoms with E-state index < -0.39 is 10.8 Å². The summed E-state index contributed by atoms with van der Waals surface area (Å²) in [6.07, 6.45) is 2.24. The molecule has 1 heterocycles. The largest absolute Gasteiger partial charge is 0.366 e. The molecule has 8 heteroatoms. The van der Waals surface area contributed by atoms with E-state index in [9.17, 15) is 14.9 Å². The normalized spacial score (nSPS) is 9.89. The number of primary amides is 1. The molecule has 0 aliphatic rings. The monoisotopic (exact) mass is 259 g/mol. The molecule has 3 N–H and O–H groups in total. The molecule has 0 aliphatic heterocycles. The Morgan fingerprint density at radius 1 is 1.37 bits per heavy atom. The maximum Gasteiger partial charge on any atom is 0.329 e. The third kappa shape index (κ3) is 2.63. The van der Waals surface area contributed by atoms with Gasteiger partial charge in [0.05, 0.1) is 16.2 Å². The molecule has 96 valence electrons. The SMILES string of the molecule is NC(=O)c1ccccc1Nc1ncncc1[N+](=O)[O-]. The average Bonchev–Trinajstić information content (AvgIpc) is 2.39. The van der Waals surface area contributed by atoms with Crippen molar-refractivity contribution in [2.75, 3.05) is 5.32 Å². The van der Waals surface area contributed by atoms with Crippen LogP contribution in [0.25, 0.3) is 0 Å². The van der Waals surface area contributed by atoms with Crippen molar-refractivity contribution in [1.29, 1.82) is 0 Å². The molecular formula is C11H9N5O3. The number of anilines is 2. The predicted molar refractivity (Wildman–Crippen MR) is 66.9 cm³/mol. The minimum Gasteiger partial charge on any atom is -0.366 e. The quantitative estimate of drug-likeness (QED) is 0.628. The first-order valence-corrected chi connectivity index (χ1v) is 5.20. The summed E-state index contributed by atoms with van der Waals surface area (Å²) in [7, 11) is 0. The molecule has 2 aromatic rings. The number of hydrogen-bond acceptors (Lipinski definition) is 6. The van der Waals surface area contributed by atoms with Gasteiger partial charge in [0.2, 0.25) is 5.82 Å². The molecule has 0 fully saturated rings. The first kappa shape index (κ1) is 12.4. The molecular weight excluding hydrogens is 250 g/mol. The topological polar surface area (TPSA) is 124 Å². The van der Waals surface area contributed by atoms with Crippen LogP contribution in [0.15, 0.2) is 36.8 Å². The summed E-state index contributed by atoms with van der Waals surface area (Å²) in [5.74, 6) is -0.645. The Balaban J connectivity index is 2.42. The van der Waals surface area contributed by atoms with Crippen LogP contribution in [0.5, 0.6) is 0 Å². The fraction of sp³-hybridized carbons (Fsp3) is 0. The van der Waals surface area contributed by atoms with E-state index in [0.29, 0.717) is 5.69 Å². The van der Waals surface area contributed by atoms with E-state index in [4.69, 9.17) is 5.73 Å². The predicted octanol–water partition coefficient (Wildman–Crippen LogP) is 1.23. The van der Waals surface area contributed by atoms with Gasteiger partial charge in [0.1, 0.15) is 12.5 Å². The van der Waals surface area contributed by atoms with Crippen molar-refractivity contribution in [1.82, 2.24) is 9.97 Å². The van der Waals surface area contributed by atoms with Crippen molar-refractivity contribution in [3.63, 3.8) is 0 Å². The van der Waals surface area contributed by atoms with Gasteiger partial charge >= 0.3 is 5.69 Å². The van der Waals surface area contributed by atoms with Gasteiger partial charge in [-0.25, -0.2) is 9.97 Å². The molecule has 0 spiro atoms. The summed E-state index contributed by atoms with van der Waals surface area (Å²) >= 11 is 0. The first-order chi connectivity index (χ1) is 9.09. The van der Waals surface area contributed by atoms with Gasteiger partial charge in [0.25, 0.3) is 5.91 Å². The van der Waals surface area contributed by atoms with Crippen LogP contribution in [0.4, 0.5) is 17.2 Å². The Bertz CT molecular complexity index is 588. The zero-order chi connectivity index (χ0) is 13.8. The molecule has 0 unspecified atom stereocenters. The first-order valence-electron chi connectivity index (χ1n) is 5.20.